The SMILES string of the molecule is CS(=O)(=O)c1ncc2cc(Cc3ccccc3)oc2n1.c1ccc(Cc2cc3cnc(NC4CCCC4)nc3o2)cc1. The van der Waals surface area contributed by atoms with E-state index in [1.807, 2.05) is 66.9 Å². The largest absolute Gasteiger partial charge is 0.442 e. The van der Waals surface area contributed by atoms with Crippen LogP contribution < -0.4 is 5.32 Å². The van der Waals surface area contributed by atoms with Gasteiger partial charge in [0.25, 0.3) is 0 Å². The van der Waals surface area contributed by atoms with Gasteiger partial charge in [0.2, 0.25) is 32.4 Å². The number of benzene rings is 2. The zero-order chi connectivity index (χ0) is 28.9. The lowest BCUT2D eigenvalue weighted by Crippen LogP contribution is -2.16. The summed E-state index contributed by atoms with van der Waals surface area (Å²) >= 11 is 0. The Morgan fingerprint density at radius 1 is 0.762 bits per heavy atom. The van der Waals surface area contributed by atoms with E-state index in [1.165, 1.54) is 37.4 Å². The summed E-state index contributed by atoms with van der Waals surface area (Å²) in [4.78, 5) is 16.7. The number of fused-ring (bicyclic) bond motifs is 2. The highest BCUT2D eigenvalue weighted by atomic mass is 32.2. The highest BCUT2D eigenvalue weighted by Crippen LogP contribution is 2.24. The number of nitrogens with one attached hydrogen (secondary N) is 1. The Morgan fingerprint density at radius 2 is 1.29 bits per heavy atom. The summed E-state index contributed by atoms with van der Waals surface area (Å²) in [6, 6.07) is 24.6. The van der Waals surface area contributed by atoms with Gasteiger partial charge in [0, 0.05) is 37.5 Å². The normalized spacial score (nSPS) is 13.7. The van der Waals surface area contributed by atoms with E-state index in [1.54, 1.807) is 0 Å². The molecule has 1 fully saturated rings. The van der Waals surface area contributed by atoms with Gasteiger partial charge >= 0.3 is 0 Å². The third kappa shape index (κ3) is 6.83. The zero-order valence-electron chi connectivity index (χ0n) is 23.2. The molecule has 0 unspecified atom stereocenters. The smallest absolute Gasteiger partial charge is 0.250 e. The van der Waals surface area contributed by atoms with Gasteiger partial charge in [-0.1, -0.05) is 73.5 Å². The van der Waals surface area contributed by atoms with E-state index >= 15 is 0 Å². The van der Waals surface area contributed by atoms with Crippen LogP contribution in [0, 0.1) is 0 Å². The van der Waals surface area contributed by atoms with E-state index in [0.29, 0.717) is 35.2 Å². The number of hydrogen-bond donors (Lipinski definition) is 1. The van der Waals surface area contributed by atoms with Crippen molar-refractivity contribution in [3.63, 3.8) is 0 Å². The predicted octanol–water partition coefficient (Wildman–Crippen LogP) is 6.39. The maximum absolute atomic E-state index is 11.4. The van der Waals surface area contributed by atoms with Crippen molar-refractivity contribution >= 4 is 38.0 Å². The first-order chi connectivity index (χ1) is 20.4. The predicted molar refractivity (Wildman–Crippen MR) is 161 cm³/mol. The summed E-state index contributed by atoms with van der Waals surface area (Å²) in [5.74, 6) is 2.33. The molecule has 4 heterocycles. The molecule has 1 saturated carbocycles. The van der Waals surface area contributed by atoms with Gasteiger partial charge in [-0.15, -0.1) is 0 Å². The Morgan fingerprint density at radius 3 is 1.83 bits per heavy atom. The van der Waals surface area contributed by atoms with Crippen molar-refractivity contribution in [2.45, 2.75) is 49.7 Å². The number of sulfone groups is 1. The van der Waals surface area contributed by atoms with Crippen LogP contribution in [0.3, 0.4) is 0 Å². The first-order valence-electron chi connectivity index (χ1n) is 13.9. The summed E-state index contributed by atoms with van der Waals surface area (Å²) in [5.41, 5.74) is 3.31. The molecule has 1 aliphatic carbocycles. The maximum atomic E-state index is 11.4. The monoisotopic (exact) mass is 581 g/mol. The molecule has 9 nitrogen and oxygen atoms in total. The van der Waals surface area contributed by atoms with E-state index in [-0.39, 0.29) is 5.16 Å². The summed E-state index contributed by atoms with van der Waals surface area (Å²) in [6.45, 7) is 0. The molecule has 0 saturated heterocycles. The van der Waals surface area contributed by atoms with Crippen molar-refractivity contribution < 1.29 is 17.3 Å². The van der Waals surface area contributed by atoms with Gasteiger partial charge in [-0.2, -0.15) is 9.97 Å². The fourth-order valence-corrected chi connectivity index (χ4v) is 5.51. The van der Waals surface area contributed by atoms with Crippen molar-refractivity contribution in [2.24, 2.45) is 0 Å². The van der Waals surface area contributed by atoms with Crippen LogP contribution >= 0.6 is 0 Å². The van der Waals surface area contributed by atoms with Crippen molar-refractivity contribution in [1.82, 2.24) is 19.9 Å². The van der Waals surface area contributed by atoms with Gasteiger partial charge in [0.05, 0.1) is 10.8 Å². The molecule has 0 atom stereocenters. The Kier molecular flexibility index (Phi) is 7.96. The molecule has 10 heteroatoms. The van der Waals surface area contributed by atoms with Crippen LogP contribution in [-0.2, 0) is 22.7 Å². The molecule has 6 aromatic rings. The fourth-order valence-electron chi connectivity index (χ4n) is 5.02. The van der Waals surface area contributed by atoms with E-state index in [9.17, 15) is 8.42 Å². The second kappa shape index (κ2) is 12.1. The molecular weight excluding hydrogens is 550 g/mol. The minimum absolute atomic E-state index is 0.217. The quantitative estimate of drug-likeness (QED) is 0.214. The highest BCUT2D eigenvalue weighted by Gasteiger charge is 2.17. The lowest BCUT2D eigenvalue weighted by Gasteiger charge is -2.10. The van der Waals surface area contributed by atoms with Gasteiger partial charge < -0.3 is 14.2 Å². The molecule has 0 aliphatic heterocycles. The van der Waals surface area contributed by atoms with Crippen LogP contribution in [0.1, 0.15) is 48.3 Å². The Bertz CT molecular complexity index is 1900. The van der Waals surface area contributed by atoms with Crippen LogP contribution in [-0.4, -0.2) is 40.7 Å². The Balaban J connectivity index is 0.000000151. The number of anilines is 1. The molecular formula is C32H31N5O4S. The lowest BCUT2D eigenvalue weighted by molar-refractivity contribution is 0.544. The third-order valence-electron chi connectivity index (χ3n) is 7.09. The van der Waals surface area contributed by atoms with Crippen molar-refractivity contribution in [3.05, 3.63) is 108 Å². The van der Waals surface area contributed by atoms with Crippen LogP contribution in [0.2, 0.25) is 0 Å². The first-order valence-corrected chi connectivity index (χ1v) is 15.8. The van der Waals surface area contributed by atoms with Crippen LogP contribution in [0.15, 0.2) is 99.2 Å². The van der Waals surface area contributed by atoms with Gasteiger partial charge in [-0.05, 0) is 36.1 Å². The first kappa shape index (κ1) is 27.6. The number of nitrogens with zero attached hydrogens (tertiary/aromatic N) is 4. The van der Waals surface area contributed by atoms with Crippen LogP contribution in [0.4, 0.5) is 5.95 Å². The van der Waals surface area contributed by atoms with Gasteiger partial charge in [0.1, 0.15) is 11.5 Å². The molecule has 4 aromatic heterocycles. The molecule has 1 aliphatic rings. The average Bonchev–Trinajstić information content (AvgIpc) is 3.73. The average molecular weight is 582 g/mol. The minimum Gasteiger partial charge on any atom is -0.442 e. The standard InChI is InChI=1S/C18H19N3O.C14H12N2O3S/c1-2-6-13(7-3-1)10-16-11-14-12-19-18(21-17(14)22-16)20-15-8-4-5-9-15;1-20(17,18)14-15-9-11-8-12(19-13(11)16-14)7-10-5-3-2-4-6-10/h1-3,6-7,11-12,15H,4-5,8-10H2,(H,19,20,21);2-6,8-9H,7H2,1H3. The highest BCUT2D eigenvalue weighted by molar-refractivity contribution is 7.90. The van der Waals surface area contributed by atoms with Gasteiger partial charge in [-0.3, -0.25) is 0 Å². The minimum atomic E-state index is -3.43. The molecule has 42 heavy (non-hydrogen) atoms. The van der Waals surface area contributed by atoms with Gasteiger partial charge in [0.15, 0.2) is 0 Å². The molecule has 214 valence electrons. The van der Waals surface area contributed by atoms with E-state index in [0.717, 1.165) is 35.1 Å². The lowest BCUT2D eigenvalue weighted by atomic mass is 10.1. The van der Waals surface area contributed by atoms with Crippen molar-refractivity contribution in [1.29, 1.82) is 0 Å². The molecule has 0 radical (unpaired) electrons. The molecule has 0 spiro atoms. The maximum Gasteiger partial charge on any atom is 0.250 e. The second-order valence-corrected chi connectivity index (χ2v) is 12.4. The number of hydrogen-bond acceptors (Lipinski definition) is 9. The number of furan rings is 2. The van der Waals surface area contributed by atoms with E-state index in [4.69, 9.17) is 8.83 Å². The van der Waals surface area contributed by atoms with Crippen LogP contribution in [0.25, 0.3) is 22.2 Å². The summed E-state index contributed by atoms with van der Waals surface area (Å²) in [5, 5.41) is 4.85. The third-order valence-corrected chi connectivity index (χ3v) is 7.95. The topological polar surface area (TPSA) is 124 Å². The second-order valence-electron chi connectivity index (χ2n) is 10.5. The molecule has 0 bridgehead atoms. The van der Waals surface area contributed by atoms with Crippen LogP contribution in [0.5, 0.6) is 0 Å². The fraction of sp³-hybridized carbons (Fsp3) is 0.250. The Hall–Kier alpha value is -4.57. The summed E-state index contributed by atoms with van der Waals surface area (Å²) in [7, 11) is -3.43. The summed E-state index contributed by atoms with van der Waals surface area (Å²) in [6.07, 6.45) is 10.8. The van der Waals surface area contributed by atoms with E-state index in [2.05, 4.69) is 37.4 Å². The molecule has 1 N–H and O–H groups in total. The number of aromatic nitrogens is 4. The van der Waals surface area contributed by atoms with Crippen molar-refractivity contribution in [2.75, 3.05) is 11.6 Å². The molecule has 7 rings (SSSR count). The molecule has 0 amide bonds. The van der Waals surface area contributed by atoms with E-state index < -0.39 is 9.84 Å². The van der Waals surface area contributed by atoms with Crippen molar-refractivity contribution in [3.8, 4) is 0 Å². The number of rotatable bonds is 7. The molecule has 2 aromatic carbocycles. The van der Waals surface area contributed by atoms with Gasteiger partial charge in [-0.25, -0.2) is 18.4 Å². The summed E-state index contributed by atoms with van der Waals surface area (Å²) < 4.78 is 34.3. The Labute approximate surface area is 244 Å². The zero-order valence-corrected chi connectivity index (χ0v) is 24.0.